The fourth-order valence-electron chi connectivity index (χ4n) is 1.97. The number of hydrogen-bond donors (Lipinski definition) is 0. The highest BCUT2D eigenvalue weighted by Gasteiger charge is 2.18. The van der Waals surface area contributed by atoms with Crippen molar-refractivity contribution in [1.82, 2.24) is 0 Å². The lowest BCUT2D eigenvalue weighted by Crippen LogP contribution is -1.98. The van der Waals surface area contributed by atoms with Crippen molar-refractivity contribution in [2.45, 2.75) is 13.8 Å². The third-order valence-electron chi connectivity index (χ3n) is 3.30. The number of nitro groups is 1. The predicted molar refractivity (Wildman–Crippen MR) is 95.5 cm³/mol. The Hall–Kier alpha value is -1.96. The summed E-state index contributed by atoms with van der Waals surface area (Å²) < 4.78 is 5.77. The zero-order valence-electron chi connectivity index (χ0n) is 12.5. The summed E-state index contributed by atoms with van der Waals surface area (Å²) in [4.78, 5) is 15.1. The van der Waals surface area contributed by atoms with Crippen LogP contribution in [0, 0.1) is 27.5 Å². The molecule has 0 aliphatic rings. The van der Waals surface area contributed by atoms with Crippen LogP contribution in [0.2, 0.25) is 0 Å². The van der Waals surface area contributed by atoms with E-state index in [0.717, 1.165) is 11.3 Å². The van der Waals surface area contributed by atoms with E-state index >= 15 is 0 Å². The van der Waals surface area contributed by atoms with Crippen LogP contribution >= 0.6 is 22.6 Å². The molecule has 0 radical (unpaired) electrons. The Kier molecular flexibility index (Phi) is 5.12. The van der Waals surface area contributed by atoms with Crippen LogP contribution in [0.25, 0.3) is 0 Å². The maximum atomic E-state index is 11.1. The van der Waals surface area contributed by atoms with Gasteiger partial charge < -0.3 is 4.74 Å². The fourth-order valence-corrected chi connectivity index (χ4v) is 2.82. The molecule has 0 aromatic heterocycles. The summed E-state index contributed by atoms with van der Waals surface area (Å²) in [6.45, 7) is 4.06. The van der Waals surface area contributed by atoms with E-state index in [9.17, 15) is 10.1 Å². The Morgan fingerprint density at radius 1 is 1.23 bits per heavy atom. The van der Waals surface area contributed by atoms with E-state index in [4.69, 9.17) is 4.74 Å². The highest BCUT2D eigenvalue weighted by atomic mass is 127. The Morgan fingerprint density at radius 3 is 2.55 bits per heavy atom. The van der Waals surface area contributed by atoms with Crippen molar-refractivity contribution in [3.05, 3.63) is 60.7 Å². The van der Waals surface area contributed by atoms with Crippen LogP contribution in [0.4, 0.5) is 11.4 Å². The van der Waals surface area contributed by atoms with E-state index < -0.39 is 4.92 Å². The number of aliphatic imine (C=N–C) groups is 1. The van der Waals surface area contributed by atoms with Gasteiger partial charge in [-0.3, -0.25) is 15.1 Å². The normalized spacial score (nSPS) is 10.9. The number of ether oxygens (including phenoxy) is 1. The number of methoxy groups -OCH3 is 1. The smallest absolute Gasteiger partial charge is 0.312 e. The minimum absolute atomic E-state index is 0.0593. The number of hydrogen-bond acceptors (Lipinski definition) is 4. The van der Waals surface area contributed by atoms with Gasteiger partial charge >= 0.3 is 5.69 Å². The first-order valence-electron chi connectivity index (χ1n) is 6.55. The summed E-state index contributed by atoms with van der Waals surface area (Å²) in [5.41, 5.74) is 3.78. The SMILES string of the molecule is COc1c(I)cc(C=Nc2ccc(C)c(C)c2)cc1[N+](=O)[O-]. The molecule has 114 valence electrons. The molecule has 2 aromatic rings. The molecule has 0 aliphatic heterocycles. The average Bonchev–Trinajstić information content (AvgIpc) is 2.47. The fraction of sp³-hybridized carbons (Fsp3) is 0.188. The van der Waals surface area contributed by atoms with Gasteiger partial charge in [-0.05, 0) is 65.8 Å². The first kappa shape index (κ1) is 16.4. The first-order valence-corrected chi connectivity index (χ1v) is 7.63. The molecular formula is C16H15IN2O3. The molecule has 0 heterocycles. The summed E-state index contributed by atoms with van der Waals surface area (Å²) in [5, 5.41) is 11.1. The van der Waals surface area contributed by atoms with E-state index in [2.05, 4.69) is 4.99 Å². The van der Waals surface area contributed by atoms with Crippen molar-refractivity contribution in [3.8, 4) is 5.75 Å². The molecule has 0 unspecified atom stereocenters. The summed E-state index contributed by atoms with van der Waals surface area (Å²) in [6, 6.07) is 9.17. The Labute approximate surface area is 142 Å². The van der Waals surface area contributed by atoms with Crippen LogP contribution in [0.1, 0.15) is 16.7 Å². The van der Waals surface area contributed by atoms with Gasteiger partial charge in [0.25, 0.3) is 0 Å². The zero-order valence-corrected chi connectivity index (χ0v) is 14.6. The molecule has 2 rings (SSSR count). The molecule has 0 bridgehead atoms. The molecule has 0 saturated heterocycles. The molecule has 5 nitrogen and oxygen atoms in total. The van der Waals surface area contributed by atoms with Gasteiger partial charge in [0, 0.05) is 17.8 Å². The van der Waals surface area contributed by atoms with Crippen molar-refractivity contribution in [2.75, 3.05) is 7.11 Å². The summed E-state index contributed by atoms with van der Waals surface area (Å²) >= 11 is 2.02. The van der Waals surface area contributed by atoms with Gasteiger partial charge in [-0.2, -0.15) is 0 Å². The highest BCUT2D eigenvalue weighted by Crippen LogP contribution is 2.33. The molecule has 0 aliphatic carbocycles. The first-order chi connectivity index (χ1) is 10.4. The van der Waals surface area contributed by atoms with Gasteiger partial charge in [-0.1, -0.05) is 6.07 Å². The van der Waals surface area contributed by atoms with Gasteiger partial charge in [0.05, 0.1) is 21.3 Å². The maximum Gasteiger partial charge on any atom is 0.312 e. The summed E-state index contributed by atoms with van der Waals surface area (Å²) in [7, 11) is 1.42. The lowest BCUT2D eigenvalue weighted by molar-refractivity contribution is -0.385. The van der Waals surface area contributed by atoms with Crippen LogP contribution in [0.3, 0.4) is 0 Å². The Balaban J connectivity index is 2.38. The lowest BCUT2D eigenvalue weighted by atomic mass is 10.1. The van der Waals surface area contributed by atoms with Crippen molar-refractivity contribution in [3.63, 3.8) is 0 Å². The van der Waals surface area contributed by atoms with Crippen LogP contribution < -0.4 is 4.74 Å². The van der Waals surface area contributed by atoms with Crippen LogP contribution in [-0.4, -0.2) is 18.2 Å². The molecule has 0 amide bonds. The van der Waals surface area contributed by atoms with E-state index in [1.165, 1.54) is 18.7 Å². The maximum absolute atomic E-state index is 11.1. The number of aryl methyl sites for hydroxylation is 2. The van der Waals surface area contributed by atoms with Crippen LogP contribution in [-0.2, 0) is 0 Å². The van der Waals surface area contributed by atoms with Gasteiger partial charge in [0.15, 0.2) is 0 Å². The van der Waals surface area contributed by atoms with E-state index in [0.29, 0.717) is 9.13 Å². The van der Waals surface area contributed by atoms with Crippen molar-refractivity contribution < 1.29 is 9.66 Å². The van der Waals surface area contributed by atoms with Gasteiger partial charge in [0.2, 0.25) is 5.75 Å². The van der Waals surface area contributed by atoms with Crippen molar-refractivity contribution >= 4 is 40.2 Å². The quantitative estimate of drug-likeness (QED) is 0.321. The average molecular weight is 410 g/mol. The van der Waals surface area contributed by atoms with Crippen LogP contribution in [0.5, 0.6) is 5.75 Å². The molecular weight excluding hydrogens is 395 g/mol. The minimum Gasteiger partial charge on any atom is -0.489 e. The Morgan fingerprint density at radius 2 is 1.95 bits per heavy atom. The molecule has 0 fully saturated rings. The van der Waals surface area contributed by atoms with Gasteiger partial charge in [0.1, 0.15) is 0 Å². The Bertz CT molecular complexity index is 757. The van der Waals surface area contributed by atoms with Gasteiger partial charge in [-0.15, -0.1) is 0 Å². The zero-order chi connectivity index (χ0) is 16.3. The van der Waals surface area contributed by atoms with Gasteiger partial charge in [-0.25, -0.2) is 0 Å². The minimum atomic E-state index is -0.450. The highest BCUT2D eigenvalue weighted by molar-refractivity contribution is 14.1. The number of nitro benzene ring substituents is 1. The van der Waals surface area contributed by atoms with Crippen molar-refractivity contribution in [1.29, 1.82) is 0 Å². The topological polar surface area (TPSA) is 64.7 Å². The predicted octanol–water partition coefficient (Wildman–Crippen LogP) is 4.58. The second-order valence-electron chi connectivity index (χ2n) is 4.84. The number of rotatable bonds is 4. The third-order valence-corrected chi connectivity index (χ3v) is 4.10. The third kappa shape index (κ3) is 3.62. The molecule has 0 atom stereocenters. The standard InChI is InChI=1S/C16H15IN2O3/c1-10-4-5-13(6-11(10)2)18-9-12-7-14(17)16(22-3)15(8-12)19(20)21/h4-9H,1-3H3. The number of nitrogens with zero attached hydrogens (tertiary/aromatic N) is 2. The molecule has 2 aromatic carbocycles. The second kappa shape index (κ2) is 6.87. The number of benzene rings is 2. The van der Waals surface area contributed by atoms with E-state index in [-0.39, 0.29) is 11.4 Å². The molecule has 6 heteroatoms. The number of halogens is 1. The summed E-state index contributed by atoms with van der Waals surface area (Å²) in [5.74, 6) is 0.272. The molecule has 22 heavy (non-hydrogen) atoms. The second-order valence-corrected chi connectivity index (χ2v) is 6.00. The van der Waals surface area contributed by atoms with E-state index in [1.807, 2.05) is 54.6 Å². The van der Waals surface area contributed by atoms with E-state index in [1.54, 1.807) is 12.3 Å². The molecule has 0 N–H and O–H groups in total. The molecule has 0 saturated carbocycles. The summed E-state index contributed by atoms with van der Waals surface area (Å²) in [6.07, 6.45) is 1.62. The van der Waals surface area contributed by atoms with Crippen molar-refractivity contribution in [2.24, 2.45) is 4.99 Å². The lowest BCUT2D eigenvalue weighted by Gasteiger charge is -2.05. The largest absolute Gasteiger partial charge is 0.489 e. The van der Waals surface area contributed by atoms with Crippen LogP contribution in [0.15, 0.2) is 35.3 Å². The molecule has 0 spiro atoms. The monoisotopic (exact) mass is 410 g/mol.